The third-order valence-corrected chi connectivity index (χ3v) is 3.73. The van der Waals surface area contributed by atoms with Crippen molar-refractivity contribution in [1.82, 2.24) is 16.0 Å². The summed E-state index contributed by atoms with van der Waals surface area (Å²) in [6.07, 6.45) is 0.978. The Bertz CT molecular complexity index is 417. The molecule has 1 aromatic carbocycles. The Labute approximate surface area is 115 Å². The number of carbonyl (C=O) groups excluding carboxylic acids is 1. The largest absolute Gasteiger partial charge is 0.335 e. The van der Waals surface area contributed by atoms with Crippen molar-refractivity contribution in [3.63, 3.8) is 0 Å². The van der Waals surface area contributed by atoms with Crippen LogP contribution in [0.1, 0.15) is 25.8 Å². The van der Waals surface area contributed by atoms with Crippen molar-refractivity contribution < 1.29 is 4.79 Å². The van der Waals surface area contributed by atoms with Gasteiger partial charge in [-0.3, -0.25) is 0 Å². The average molecular weight is 261 g/mol. The lowest BCUT2D eigenvalue weighted by molar-refractivity contribution is 0.179. The van der Waals surface area contributed by atoms with Gasteiger partial charge < -0.3 is 16.0 Å². The van der Waals surface area contributed by atoms with Crippen molar-refractivity contribution in [1.29, 1.82) is 0 Å². The van der Waals surface area contributed by atoms with Crippen LogP contribution in [0.4, 0.5) is 4.79 Å². The van der Waals surface area contributed by atoms with Gasteiger partial charge in [0.15, 0.2) is 0 Å². The predicted octanol–water partition coefficient (Wildman–Crippen LogP) is 1.87. The predicted molar refractivity (Wildman–Crippen MR) is 76.9 cm³/mol. The topological polar surface area (TPSA) is 53.2 Å². The molecule has 0 saturated carbocycles. The summed E-state index contributed by atoms with van der Waals surface area (Å²) in [5, 5.41) is 9.37. The maximum Gasteiger partial charge on any atom is 0.315 e. The van der Waals surface area contributed by atoms with E-state index in [1.54, 1.807) is 0 Å². The van der Waals surface area contributed by atoms with E-state index in [1.165, 1.54) is 0 Å². The molecule has 3 N–H and O–H groups in total. The fourth-order valence-corrected chi connectivity index (χ4v) is 2.43. The molecule has 1 fully saturated rings. The minimum absolute atomic E-state index is 0.0798. The average Bonchev–Trinajstić information content (AvgIpc) is 2.40. The number of amides is 2. The summed E-state index contributed by atoms with van der Waals surface area (Å²) < 4.78 is 0. The molecule has 104 valence electrons. The first-order valence-electron chi connectivity index (χ1n) is 6.87. The van der Waals surface area contributed by atoms with Crippen LogP contribution in [0.2, 0.25) is 0 Å². The van der Waals surface area contributed by atoms with Crippen molar-refractivity contribution >= 4 is 6.03 Å². The molecule has 0 radical (unpaired) electrons. The monoisotopic (exact) mass is 261 g/mol. The number of hydrogen-bond acceptors (Lipinski definition) is 2. The van der Waals surface area contributed by atoms with Crippen LogP contribution in [0.5, 0.6) is 0 Å². The third kappa shape index (κ3) is 3.96. The third-order valence-electron chi connectivity index (χ3n) is 3.73. The van der Waals surface area contributed by atoms with Crippen molar-refractivity contribution in [2.75, 3.05) is 13.1 Å². The summed E-state index contributed by atoms with van der Waals surface area (Å²) in [5.41, 5.74) is 1.21. The van der Waals surface area contributed by atoms with Crippen molar-refractivity contribution in [3.05, 3.63) is 35.9 Å². The van der Waals surface area contributed by atoms with Crippen LogP contribution in [0.25, 0.3) is 0 Å². The molecule has 0 aliphatic carbocycles. The van der Waals surface area contributed by atoms with E-state index in [0.717, 1.165) is 25.1 Å². The molecule has 1 unspecified atom stereocenters. The van der Waals surface area contributed by atoms with E-state index < -0.39 is 0 Å². The summed E-state index contributed by atoms with van der Waals surface area (Å²) in [6.45, 7) is 6.84. The van der Waals surface area contributed by atoms with Gasteiger partial charge in [0.2, 0.25) is 0 Å². The van der Waals surface area contributed by atoms with E-state index in [0.29, 0.717) is 6.54 Å². The van der Waals surface area contributed by atoms with E-state index in [4.69, 9.17) is 0 Å². The summed E-state index contributed by atoms with van der Waals surface area (Å²) in [5.74, 6) is 0. The van der Waals surface area contributed by atoms with Gasteiger partial charge in [-0.15, -0.1) is 0 Å². The molecule has 0 aromatic heterocycles. The lowest BCUT2D eigenvalue weighted by Crippen LogP contribution is -2.56. The second-order valence-electron chi connectivity index (χ2n) is 5.82. The molecule has 0 bridgehead atoms. The van der Waals surface area contributed by atoms with Crippen LogP contribution in [0.3, 0.4) is 0 Å². The SMILES string of the molecule is CC1(C)CNCCC1NC(=O)NCc1ccccc1. The standard InChI is InChI=1S/C15H23N3O/c1-15(2)11-16-9-8-13(15)18-14(19)17-10-12-6-4-3-5-7-12/h3-7,13,16H,8-11H2,1-2H3,(H2,17,18,19). The smallest absolute Gasteiger partial charge is 0.315 e. The van der Waals surface area contributed by atoms with Gasteiger partial charge in [-0.25, -0.2) is 4.79 Å². The van der Waals surface area contributed by atoms with Gasteiger partial charge >= 0.3 is 6.03 Å². The number of nitrogens with one attached hydrogen (secondary N) is 3. The number of hydrogen-bond donors (Lipinski definition) is 3. The van der Waals surface area contributed by atoms with Crippen LogP contribution >= 0.6 is 0 Å². The maximum atomic E-state index is 11.9. The van der Waals surface area contributed by atoms with Crippen LogP contribution < -0.4 is 16.0 Å². The molecular formula is C15H23N3O. The normalized spacial score (nSPS) is 21.7. The maximum absolute atomic E-state index is 11.9. The molecule has 2 rings (SSSR count). The molecule has 0 spiro atoms. The highest BCUT2D eigenvalue weighted by atomic mass is 16.2. The van der Waals surface area contributed by atoms with E-state index in [9.17, 15) is 4.79 Å². The highest BCUT2D eigenvalue weighted by molar-refractivity contribution is 5.74. The second kappa shape index (κ2) is 6.06. The first-order valence-corrected chi connectivity index (χ1v) is 6.87. The number of benzene rings is 1. The molecule has 1 aromatic rings. The quantitative estimate of drug-likeness (QED) is 0.778. The van der Waals surface area contributed by atoms with Gasteiger partial charge in [0.25, 0.3) is 0 Å². The summed E-state index contributed by atoms with van der Waals surface area (Å²) >= 11 is 0. The Kier molecular flexibility index (Phi) is 4.43. The van der Waals surface area contributed by atoms with E-state index in [-0.39, 0.29) is 17.5 Å². The second-order valence-corrected chi connectivity index (χ2v) is 5.82. The van der Waals surface area contributed by atoms with Crippen molar-refractivity contribution in [3.8, 4) is 0 Å². The van der Waals surface area contributed by atoms with Gasteiger partial charge in [0.1, 0.15) is 0 Å². The zero-order chi connectivity index (χ0) is 13.7. The Morgan fingerprint density at radius 1 is 1.37 bits per heavy atom. The van der Waals surface area contributed by atoms with Crippen molar-refractivity contribution in [2.24, 2.45) is 5.41 Å². The first kappa shape index (κ1) is 13.9. The van der Waals surface area contributed by atoms with Gasteiger partial charge in [0.05, 0.1) is 0 Å². The summed E-state index contributed by atoms with van der Waals surface area (Å²) in [7, 11) is 0. The molecule has 1 atom stereocenters. The Morgan fingerprint density at radius 2 is 2.11 bits per heavy atom. The van der Waals surface area contributed by atoms with Crippen LogP contribution in [0, 0.1) is 5.41 Å². The van der Waals surface area contributed by atoms with Gasteiger partial charge in [-0.1, -0.05) is 44.2 Å². The van der Waals surface area contributed by atoms with E-state index in [2.05, 4.69) is 29.8 Å². The number of piperidine rings is 1. The highest BCUT2D eigenvalue weighted by Gasteiger charge is 2.33. The fourth-order valence-electron chi connectivity index (χ4n) is 2.43. The summed E-state index contributed by atoms with van der Waals surface area (Å²) in [4.78, 5) is 11.9. The number of carbonyl (C=O) groups is 1. The Hall–Kier alpha value is -1.55. The van der Waals surface area contributed by atoms with E-state index in [1.807, 2.05) is 30.3 Å². The van der Waals surface area contributed by atoms with Gasteiger partial charge in [-0.05, 0) is 23.9 Å². The van der Waals surface area contributed by atoms with Crippen LogP contribution in [0.15, 0.2) is 30.3 Å². The molecule has 4 heteroatoms. The Morgan fingerprint density at radius 3 is 2.79 bits per heavy atom. The minimum Gasteiger partial charge on any atom is -0.335 e. The Balaban J connectivity index is 1.81. The highest BCUT2D eigenvalue weighted by Crippen LogP contribution is 2.24. The minimum atomic E-state index is -0.0798. The molecule has 1 aliphatic rings. The van der Waals surface area contributed by atoms with Crippen LogP contribution in [-0.2, 0) is 6.54 Å². The molecular weight excluding hydrogens is 238 g/mol. The van der Waals surface area contributed by atoms with E-state index >= 15 is 0 Å². The van der Waals surface area contributed by atoms with Gasteiger partial charge in [0, 0.05) is 19.1 Å². The number of rotatable bonds is 3. The summed E-state index contributed by atoms with van der Waals surface area (Å²) in [6, 6.07) is 10.1. The molecule has 1 aliphatic heterocycles. The van der Waals surface area contributed by atoms with Gasteiger partial charge in [-0.2, -0.15) is 0 Å². The lowest BCUT2D eigenvalue weighted by atomic mass is 9.80. The fraction of sp³-hybridized carbons (Fsp3) is 0.533. The molecule has 19 heavy (non-hydrogen) atoms. The van der Waals surface area contributed by atoms with Crippen LogP contribution in [-0.4, -0.2) is 25.2 Å². The molecule has 1 saturated heterocycles. The zero-order valence-corrected chi connectivity index (χ0v) is 11.7. The molecule has 1 heterocycles. The first-order chi connectivity index (χ1) is 9.08. The lowest BCUT2D eigenvalue weighted by Gasteiger charge is -2.39. The zero-order valence-electron chi connectivity index (χ0n) is 11.7. The molecule has 2 amide bonds. The molecule has 4 nitrogen and oxygen atoms in total. The number of urea groups is 1. The van der Waals surface area contributed by atoms with Crippen molar-refractivity contribution in [2.45, 2.75) is 32.9 Å².